The summed E-state index contributed by atoms with van der Waals surface area (Å²) in [6.07, 6.45) is 1.24. The van der Waals surface area contributed by atoms with Crippen LogP contribution < -0.4 is 15.4 Å². The van der Waals surface area contributed by atoms with Crippen molar-refractivity contribution in [2.24, 2.45) is 0 Å². The lowest BCUT2D eigenvalue weighted by Gasteiger charge is -2.11. The summed E-state index contributed by atoms with van der Waals surface area (Å²) < 4.78 is 6.34. The van der Waals surface area contributed by atoms with E-state index in [0.717, 1.165) is 43.6 Å². The molecule has 2 aromatic heterocycles. The van der Waals surface area contributed by atoms with Crippen LogP contribution in [0.1, 0.15) is 23.2 Å². The van der Waals surface area contributed by atoms with Crippen LogP contribution in [-0.4, -0.2) is 33.1 Å². The molecule has 0 amide bonds. The summed E-state index contributed by atoms with van der Waals surface area (Å²) in [5.41, 5.74) is 4.66. The average molecular weight is 512 g/mol. The Morgan fingerprint density at radius 1 is 0.919 bits per heavy atom. The molecule has 9 heteroatoms. The molecule has 0 aliphatic rings. The molecule has 0 fully saturated rings. The zero-order valence-electron chi connectivity index (χ0n) is 20.1. The first-order valence-electron chi connectivity index (χ1n) is 11.8. The summed E-state index contributed by atoms with van der Waals surface area (Å²) in [5.74, 6) is 1.07. The molecule has 0 aliphatic carbocycles. The van der Waals surface area contributed by atoms with Crippen molar-refractivity contribution in [2.45, 2.75) is 19.3 Å². The highest BCUT2D eigenvalue weighted by atomic mass is 32.1. The van der Waals surface area contributed by atoms with E-state index in [4.69, 9.17) is 14.8 Å². The SMILES string of the molecule is COc1ccc2nc(Nc3cc(Cc4ccccc4)nc(Nc4ccc(CCC(=O)O)cc4)n3)sc2c1. The molecule has 0 saturated heterocycles. The second kappa shape index (κ2) is 11.0. The van der Waals surface area contributed by atoms with E-state index in [1.165, 1.54) is 11.3 Å². The topological polar surface area (TPSA) is 109 Å². The number of nitrogens with one attached hydrogen (secondary N) is 2. The van der Waals surface area contributed by atoms with Gasteiger partial charge < -0.3 is 20.5 Å². The minimum absolute atomic E-state index is 0.102. The standard InChI is InChI=1S/C28H25N5O3S/c1-36-22-12-13-23-24(17-22)37-28(31-23)33-25-16-21(15-19-5-3-2-4-6-19)30-27(32-25)29-20-10-7-18(8-11-20)9-14-26(34)35/h2-8,10-13,16-17H,9,14-15H2,1H3,(H,34,35)(H2,29,30,31,32,33). The van der Waals surface area contributed by atoms with Gasteiger partial charge in [0, 0.05) is 24.6 Å². The maximum atomic E-state index is 10.8. The van der Waals surface area contributed by atoms with Gasteiger partial charge >= 0.3 is 5.97 Å². The van der Waals surface area contributed by atoms with E-state index in [9.17, 15) is 4.79 Å². The number of aliphatic carboxylic acids is 1. The lowest BCUT2D eigenvalue weighted by molar-refractivity contribution is -0.136. The van der Waals surface area contributed by atoms with Crippen molar-refractivity contribution in [3.05, 3.63) is 95.7 Å². The first kappa shape index (κ1) is 24.2. The van der Waals surface area contributed by atoms with Crippen LogP contribution >= 0.6 is 11.3 Å². The number of anilines is 4. The molecule has 0 bridgehead atoms. The van der Waals surface area contributed by atoms with E-state index in [-0.39, 0.29) is 6.42 Å². The van der Waals surface area contributed by atoms with Crippen molar-refractivity contribution in [1.82, 2.24) is 15.0 Å². The zero-order chi connectivity index (χ0) is 25.6. The Kier molecular flexibility index (Phi) is 7.23. The number of hydrogen-bond acceptors (Lipinski definition) is 8. The van der Waals surface area contributed by atoms with Crippen LogP contribution in [0.4, 0.5) is 22.6 Å². The molecule has 0 saturated carbocycles. The van der Waals surface area contributed by atoms with E-state index in [0.29, 0.717) is 24.6 Å². The van der Waals surface area contributed by atoms with Gasteiger partial charge in [0.1, 0.15) is 11.6 Å². The molecule has 37 heavy (non-hydrogen) atoms. The molecule has 8 nitrogen and oxygen atoms in total. The Bertz CT molecular complexity index is 1520. The fourth-order valence-electron chi connectivity index (χ4n) is 3.84. The first-order chi connectivity index (χ1) is 18.0. The van der Waals surface area contributed by atoms with Gasteiger partial charge in [0.2, 0.25) is 5.95 Å². The van der Waals surface area contributed by atoms with E-state index >= 15 is 0 Å². The molecule has 186 valence electrons. The number of fused-ring (bicyclic) bond motifs is 1. The number of ether oxygens (including phenoxy) is 1. The largest absolute Gasteiger partial charge is 0.497 e. The summed E-state index contributed by atoms with van der Waals surface area (Å²) in [6.45, 7) is 0. The summed E-state index contributed by atoms with van der Waals surface area (Å²) in [6, 6.07) is 25.5. The molecule has 2 heterocycles. The van der Waals surface area contributed by atoms with Crippen molar-refractivity contribution in [1.29, 1.82) is 0 Å². The maximum absolute atomic E-state index is 10.8. The predicted molar refractivity (Wildman–Crippen MR) is 146 cm³/mol. The quantitative estimate of drug-likeness (QED) is 0.204. The Morgan fingerprint density at radius 2 is 1.73 bits per heavy atom. The third kappa shape index (κ3) is 6.39. The number of thiazole rings is 1. The lowest BCUT2D eigenvalue weighted by Crippen LogP contribution is -2.04. The molecule has 0 atom stereocenters. The van der Waals surface area contributed by atoms with Crippen LogP contribution in [0.2, 0.25) is 0 Å². The molecule has 0 unspecified atom stereocenters. The maximum Gasteiger partial charge on any atom is 0.303 e. The normalized spacial score (nSPS) is 10.8. The first-order valence-corrected chi connectivity index (χ1v) is 12.6. The van der Waals surface area contributed by atoms with Crippen molar-refractivity contribution < 1.29 is 14.6 Å². The summed E-state index contributed by atoms with van der Waals surface area (Å²) in [4.78, 5) is 24.9. The van der Waals surface area contributed by atoms with Crippen LogP contribution in [0.15, 0.2) is 78.9 Å². The highest BCUT2D eigenvalue weighted by Gasteiger charge is 2.11. The molecule has 0 spiro atoms. The van der Waals surface area contributed by atoms with E-state index < -0.39 is 5.97 Å². The van der Waals surface area contributed by atoms with Gasteiger partial charge in [-0.3, -0.25) is 4.79 Å². The molecule has 0 aliphatic heterocycles. The number of nitrogens with zero attached hydrogens (tertiary/aromatic N) is 3. The second-order valence-corrected chi connectivity index (χ2v) is 9.45. The summed E-state index contributed by atoms with van der Waals surface area (Å²) in [7, 11) is 1.65. The predicted octanol–water partition coefficient (Wildman–Crippen LogP) is 6.19. The number of methoxy groups -OCH3 is 1. The van der Waals surface area contributed by atoms with Gasteiger partial charge in [-0.25, -0.2) is 9.97 Å². The molecular formula is C28H25N5O3S. The second-order valence-electron chi connectivity index (χ2n) is 8.42. The molecule has 3 aromatic carbocycles. The number of carboxylic acid groups (broad SMARTS) is 1. The number of rotatable bonds is 10. The molecule has 0 radical (unpaired) electrons. The number of aryl methyl sites for hydroxylation is 1. The minimum atomic E-state index is -0.807. The Balaban J connectivity index is 1.40. The number of carbonyl (C=O) groups is 1. The van der Waals surface area contributed by atoms with Crippen LogP contribution in [0.3, 0.4) is 0 Å². The van der Waals surface area contributed by atoms with E-state index in [2.05, 4.69) is 32.7 Å². The van der Waals surface area contributed by atoms with Gasteiger partial charge in [-0.2, -0.15) is 4.98 Å². The number of carboxylic acids is 1. The lowest BCUT2D eigenvalue weighted by atomic mass is 10.1. The van der Waals surface area contributed by atoms with Gasteiger partial charge in [-0.05, 0) is 47.9 Å². The molecule has 5 aromatic rings. The third-order valence-electron chi connectivity index (χ3n) is 5.68. The summed E-state index contributed by atoms with van der Waals surface area (Å²) >= 11 is 1.52. The Morgan fingerprint density at radius 3 is 2.49 bits per heavy atom. The Labute approximate surface area is 218 Å². The summed E-state index contributed by atoms with van der Waals surface area (Å²) in [5, 5.41) is 16.2. The third-order valence-corrected chi connectivity index (χ3v) is 6.61. The van der Waals surface area contributed by atoms with Crippen molar-refractivity contribution in [3.63, 3.8) is 0 Å². The van der Waals surface area contributed by atoms with Gasteiger partial charge in [0.25, 0.3) is 0 Å². The van der Waals surface area contributed by atoms with Crippen LogP contribution in [0.25, 0.3) is 10.2 Å². The fraction of sp³-hybridized carbons (Fsp3) is 0.143. The van der Waals surface area contributed by atoms with Crippen LogP contribution in [0, 0.1) is 0 Å². The van der Waals surface area contributed by atoms with Gasteiger partial charge in [0.05, 0.1) is 23.0 Å². The van der Waals surface area contributed by atoms with Crippen LogP contribution in [-0.2, 0) is 17.6 Å². The van der Waals surface area contributed by atoms with Crippen molar-refractivity contribution >= 4 is 50.1 Å². The highest BCUT2D eigenvalue weighted by Crippen LogP contribution is 2.31. The van der Waals surface area contributed by atoms with E-state index in [1.54, 1.807) is 7.11 Å². The average Bonchev–Trinajstić information content (AvgIpc) is 3.30. The number of aromatic nitrogens is 3. The minimum Gasteiger partial charge on any atom is -0.497 e. The number of benzene rings is 3. The number of hydrogen-bond donors (Lipinski definition) is 3. The van der Waals surface area contributed by atoms with Gasteiger partial charge in [-0.15, -0.1) is 0 Å². The Hall–Kier alpha value is -4.50. The smallest absolute Gasteiger partial charge is 0.303 e. The monoisotopic (exact) mass is 511 g/mol. The van der Waals surface area contributed by atoms with Crippen molar-refractivity contribution in [2.75, 3.05) is 17.7 Å². The van der Waals surface area contributed by atoms with Crippen LogP contribution in [0.5, 0.6) is 5.75 Å². The van der Waals surface area contributed by atoms with Gasteiger partial charge in [0.15, 0.2) is 5.13 Å². The highest BCUT2D eigenvalue weighted by molar-refractivity contribution is 7.22. The fourth-order valence-corrected chi connectivity index (χ4v) is 4.74. The van der Waals surface area contributed by atoms with Gasteiger partial charge in [-0.1, -0.05) is 53.8 Å². The van der Waals surface area contributed by atoms with E-state index in [1.807, 2.05) is 66.7 Å². The van der Waals surface area contributed by atoms with Crippen molar-refractivity contribution in [3.8, 4) is 5.75 Å². The zero-order valence-corrected chi connectivity index (χ0v) is 21.0. The molecular weight excluding hydrogens is 486 g/mol. The molecule has 5 rings (SSSR count). The molecule has 3 N–H and O–H groups in total.